The van der Waals surface area contributed by atoms with Crippen LogP contribution in [-0.4, -0.2) is 27.5 Å². The van der Waals surface area contributed by atoms with Gasteiger partial charge in [-0.05, 0) is 43.9 Å². The van der Waals surface area contributed by atoms with Gasteiger partial charge in [0.1, 0.15) is 0 Å². The van der Waals surface area contributed by atoms with E-state index in [-0.39, 0.29) is 25.9 Å². The van der Waals surface area contributed by atoms with Crippen LogP contribution in [0.25, 0.3) is 11.9 Å². The highest BCUT2D eigenvalue weighted by Gasteiger charge is 2.62. The molecule has 2 aromatic rings. The molecule has 1 fully saturated rings. The minimum Gasteiger partial charge on any atom is -0.477 e. The number of rotatable bonds is 6. The first-order chi connectivity index (χ1) is 11.3. The van der Waals surface area contributed by atoms with Crippen molar-refractivity contribution in [2.45, 2.75) is 32.4 Å². The van der Waals surface area contributed by atoms with Crippen LogP contribution in [0.4, 0.5) is 13.2 Å². The van der Waals surface area contributed by atoms with Crippen LogP contribution in [0, 0.1) is 12.3 Å². The molecule has 0 N–H and O–H groups in total. The summed E-state index contributed by atoms with van der Waals surface area (Å²) in [5, 5.41) is 4.20. The lowest BCUT2D eigenvalue weighted by Gasteiger charge is -2.18. The number of ether oxygens (including phenoxy) is 1. The van der Waals surface area contributed by atoms with Gasteiger partial charge in [0.05, 0.1) is 12.0 Å². The molecule has 0 unspecified atom stereocenters. The van der Waals surface area contributed by atoms with Gasteiger partial charge in [0.25, 0.3) is 0 Å². The predicted molar refractivity (Wildman–Crippen MR) is 84.0 cm³/mol. The Kier molecular flexibility index (Phi) is 4.11. The summed E-state index contributed by atoms with van der Waals surface area (Å²) in [6.07, 6.45) is -0.418. The molecule has 7 heteroatoms. The molecule has 24 heavy (non-hydrogen) atoms. The second-order valence-corrected chi connectivity index (χ2v) is 6.02. The van der Waals surface area contributed by atoms with Crippen LogP contribution in [0.2, 0.25) is 0 Å². The van der Waals surface area contributed by atoms with Crippen molar-refractivity contribution in [3.8, 4) is 11.7 Å². The zero-order chi connectivity index (χ0) is 17.4. The van der Waals surface area contributed by atoms with Crippen molar-refractivity contribution >= 4 is 6.08 Å². The lowest BCUT2D eigenvalue weighted by atomic mass is 10.0. The third-order valence-electron chi connectivity index (χ3n) is 4.42. The maximum atomic E-state index is 12.9. The summed E-state index contributed by atoms with van der Waals surface area (Å²) in [5.74, 6) is 0.905. The molecule has 0 radical (unpaired) electrons. The number of halogens is 3. The van der Waals surface area contributed by atoms with Crippen molar-refractivity contribution in [1.29, 1.82) is 0 Å². The van der Waals surface area contributed by atoms with E-state index in [9.17, 15) is 13.2 Å². The van der Waals surface area contributed by atoms with Gasteiger partial charge in [-0.25, -0.2) is 9.67 Å². The highest BCUT2D eigenvalue weighted by atomic mass is 19.4. The highest BCUT2D eigenvalue weighted by Crippen LogP contribution is 2.59. The van der Waals surface area contributed by atoms with E-state index < -0.39 is 11.6 Å². The Balaban J connectivity index is 1.62. The highest BCUT2D eigenvalue weighted by molar-refractivity contribution is 5.50. The first-order valence-corrected chi connectivity index (χ1v) is 7.70. The van der Waals surface area contributed by atoms with E-state index in [2.05, 4.69) is 16.7 Å². The Bertz CT molecular complexity index is 748. The topological polar surface area (TPSA) is 39.9 Å². The van der Waals surface area contributed by atoms with Gasteiger partial charge >= 0.3 is 6.18 Å². The zero-order valence-corrected chi connectivity index (χ0v) is 13.3. The van der Waals surface area contributed by atoms with Crippen molar-refractivity contribution in [2.24, 2.45) is 5.41 Å². The SMILES string of the molecule is C=Cc1ccc(-n2ccc(OCCC3(C(F)(F)F)CC3)n2)nc1C. The molecule has 0 aliphatic heterocycles. The van der Waals surface area contributed by atoms with Crippen LogP contribution < -0.4 is 4.74 Å². The number of pyridine rings is 1. The average molecular weight is 337 g/mol. The Hall–Kier alpha value is -2.31. The smallest absolute Gasteiger partial charge is 0.394 e. The molecule has 2 aromatic heterocycles. The molecule has 0 bridgehead atoms. The van der Waals surface area contributed by atoms with Crippen LogP contribution >= 0.6 is 0 Å². The number of hydrogen-bond acceptors (Lipinski definition) is 3. The summed E-state index contributed by atoms with van der Waals surface area (Å²) in [6, 6.07) is 5.29. The minimum absolute atomic E-state index is 0.00161. The second kappa shape index (κ2) is 5.96. The Labute approximate surface area is 138 Å². The van der Waals surface area contributed by atoms with Gasteiger partial charge in [0, 0.05) is 18.0 Å². The van der Waals surface area contributed by atoms with Gasteiger partial charge in [-0.1, -0.05) is 12.7 Å². The molecule has 0 amide bonds. The van der Waals surface area contributed by atoms with Crippen molar-refractivity contribution in [1.82, 2.24) is 14.8 Å². The van der Waals surface area contributed by atoms with E-state index in [1.807, 2.05) is 13.0 Å². The lowest BCUT2D eigenvalue weighted by Crippen LogP contribution is -2.26. The van der Waals surface area contributed by atoms with Gasteiger partial charge in [-0.15, -0.1) is 5.10 Å². The van der Waals surface area contributed by atoms with E-state index in [1.54, 1.807) is 24.4 Å². The molecule has 0 spiro atoms. The Morgan fingerprint density at radius 1 is 1.33 bits per heavy atom. The van der Waals surface area contributed by atoms with E-state index in [0.29, 0.717) is 11.7 Å². The molecule has 0 atom stereocenters. The lowest BCUT2D eigenvalue weighted by molar-refractivity contribution is -0.190. The fourth-order valence-electron chi connectivity index (χ4n) is 2.59. The monoisotopic (exact) mass is 337 g/mol. The fourth-order valence-corrected chi connectivity index (χ4v) is 2.59. The van der Waals surface area contributed by atoms with Crippen LogP contribution in [0.3, 0.4) is 0 Å². The average Bonchev–Trinajstić information content (AvgIpc) is 3.18. The molecule has 1 aliphatic rings. The van der Waals surface area contributed by atoms with Gasteiger partial charge in [-0.3, -0.25) is 0 Å². The third-order valence-corrected chi connectivity index (χ3v) is 4.42. The number of aromatic nitrogens is 3. The summed E-state index contributed by atoms with van der Waals surface area (Å²) in [5.41, 5.74) is 0.208. The zero-order valence-electron chi connectivity index (χ0n) is 13.3. The maximum Gasteiger partial charge on any atom is 0.394 e. The number of alkyl halides is 3. The van der Waals surface area contributed by atoms with Crippen molar-refractivity contribution in [3.05, 3.63) is 42.2 Å². The third kappa shape index (κ3) is 3.16. The van der Waals surface area contributed by atoms with E-state index in [0.717, 1.165) is 11.3 Å². The quantitative estimate of drug-likeness (QED) is 0.788. The van der Waals surface area contributed by atoms with Gasteiger partial charge in [0.2, 0.25) is 5.88 Å². The first-order valence-electron chi connectivity index (χ1n) is 7.70. The van der Waals surface area contributed by atoms with Crippen LogP contribution in [-0.2, 0) is 0 Å². The Morgan fingerprint density at radius 2 is 2.08 bits per heavy atom. The maximum absolute atomic E-state index is 12.9. The molecular weight excluding hydrogens is 319 g/mol. The summed E-state index contributed by atoms with van der Waals surface area (Å²) in [6.45, 7) is 5.58. The molecule has 4 nitrogen and oxygen atoms in total. The fraction of sp³-hybridized carbons (Fsp3) is 0.412. The molecular formula is C17H18F3N3O. The largest absolute Gasteiger partial charge is 0.477 e. The second-order valence-electron chi connectivity index (χ2n) is 6.02. The molecule has 1 saturated carbocycles. The molecule has 0 aromatic carbocycles. The van der Waals surface area contributed by atoms with Gasteiger partial charge in [-0.2, -0.15) is 13.2 Å². The van der Waals surface area contributed by atoms with Gasteiger partial charge < -0.3 is 4.74 Å². The molecule has 2 heterocycles. The molecule has 1 aliphatic carbocycles. The van der Waals surface area contributed by atoms with Gasteiger partial charge in [0.15, 0.2) is 5.82 Å². The first kappa shape index (κ1) is 16.5. The number of hydrogen-bond donors (Lipinski definition) is 0. The Morgan fingerprint density at radius 3 is 2.67 bits per heavy atom. The molecule has 128 valence electrons. The normalized spacial score (nSPS) is 16.0. The van der Waals surface area contributed by atoms with E-state index >= 15 is 0 Å². The van der Waals surface area contributed by atoms with Crippen molar-refractivity contribution in [2.75, 3.05) is 6.61 Å². The summed E-state index contributed by atoms with van der Waals surface area (Å²) in [7, 11) is 0. The summed E-state index contributed by atoms with van der Waals surface area (Å²) < 4.78 is 45.5. The number of aryl methyl sites for hydroxylation is 1. The van der Waals surface area contributed by atoms with Crippen molar-refractivity contribution in [3.63, 3.8) is 0 Å². The van der Waals surface area contributed by atoms with E-state index in [4.69, 9.17) is 4.74 Å². The van der Waals surface area contributed by atoms with Crippen molar-refractivity contribution < 1.29 is 17.9 Å². The van der Waals surface area contributed by atoms with Crippen LogP contribution in [0.1, 0.15) is 30.5 Å². The molecule has 3 rings (SSSR count). The molecule has 0 saturated heterocycles. The predicted octanol–water partition coefficient (Wildman–Crippen LogP) is 4.33. The minimum atomic E-state index is -4.15. The summed E-state index contributed by atoms with van der Waals surface area (Å²) in [4.78, 5) is 4.41. The van der Waals surface area contributed by atoms with Crippen LogP contribution in [0.15, 0.2) is 31.0 Å². The van der Waals surface area contributed by atoms with Crippen LogP contribution in [0.5, 0.6) is 5.88 Å². The number of nitrogens with zero attached hydrogens (tertiary/aromatic N) is 3. The standard InChI is InChI=1S/C17H18F3N3O/c1-3-13-4-5-14(21-12(13)2)23-10-6-15(22-23)24-11-9-16(7-8-16)17(18,19)20/h3-6,10H,1,7-9,11H2,2H3. The van der Waals surface area contributed by atoms with E-state index in [1.165, 1.54) is 4.68 Å². The summed E-state index contributed by atoms with van der Waals surface area (Å²) >= 11 is 0.